The Morgan fingerprint density at radius 2 is 1.62 bits per heavy atom. The lowest BCUT2D eigenvalue weighted by Crippen LogP contribution is -2.13. The lowest BCUT2D eigenvalue weighted by molar-refractivity contribution is 0.0705. The fourth-order valence-electron chi connectivity index (χ4n) is 1.84. The van der Waals surface area contributed by atoms with Gasteiger partial charge in [0.1, 0.15) is 17.5 Å². The normalized spacial score (nSPS) is 10.7. The van der Waals surface area contributed by atoms with Gasteiger partial charge < -0.3 is 20.1 Å². The van der Waals surface area contributed by atoms with Gasteiger partial charge in [0.15, 0.2) is 0 Å². The highest BCUT2D eigenvalue weighted by molar-refractivity contribution is 5.57. The van der Waals surface area contributed by atoms with E-state index in [1.165, 1.54) is 0 Å². The maximum atomic E-state index is 5.43. The van der Waals surface area contributed by atoms with Crippen molar-refractivity contribution in [2.45, 2.75) is 33.6 Å². The fraction of sp³-hybridized carbons (Fsp3) is 0.733. The number of aryl methyl sites for hydroxylation is 1. The molecule has 0 amide bonds. The molecule has 0 spiro atoms. The van der Waals surface area contributed by atoms with Crippen LogP contribution in [0.25, 0.3) is 0 Å². The van der Waals surface area contributed by atoms with Gasteiger partial charge in [-0.2, -0.15) is 0 Å². The number of methoxy groups -OCH3 is 1. The van der Waals surface area contributed by atoms with Crippen molar-refractivity contribution in [3.05, 3.63) is 11.4 Å². The molecule has 0 aromatic carbocycles. The number of rotatable bonds is 11. The van der Waals surface area contributed by atoms with Gasteiger partial charge in [0.05, 0.1) is 13.2 Å². The smallest absolute Gasteiger partial charge is 0.134 e. The molecular formula is C15H28N4O2. The van der Waals surface area contributed by atoms with Crippen molar-refractivity contribution < 1.29 is 9.47 Å². The highest BCUT2D eigenvalue weighted by Crippen LogP contribution is 2.19. The molecule has 0 bridgehead atoms. The molecule has 21 heavy (non-hydrogen) atoms. The summed E-state index contributed by atoms with van der Waals surface area (Å²) in [6.45, 7) is 9.85. The molecule has 0 fully saturated rings. The molecule has 1 heterocycles. The topological polar surface area (TPSA) is 68.3 Å². The number of nitrogens with zero attached hydrogens (tertiary/aromatic N) is 2. The molecule has 0 radical (unpaired) electrons. The van der Waals surface area contributed by atoms with E-state index in [0.717, 1.165) is 55.6 Å². The van der Waals surface area contributed by atoms with Gasteiger partial charge in [0, 0.05) is 32.4 Å². The summed E-state index contributed by atoms with van der Waals surface area (Å²) in [4.78, 5) is 8.91. The second kappa shape index (κ2) is 10.3. The summed E-state index contributed by atoms with van der Waals surface area (Å²) in [5, 5.41) is 6.70. The van der Waals surface area contributed by atoms with Crippen LogP contribution in [-0.4, -0.2) is 50.0 Å². The molecule has 0 aliphatic heterocycles. The first kappa shape index (κ1) is 17.7. The van der Waals surface area contributed by atoms with E-state index in [4.69, 9.17) is 9.47 Å². The van der Waals surface area contributed by atoms with Crippen LogP contribution in [0, 0.1) is 13.8 Å². The molecule has 0 unspecified atom stereocenters. The van der Waals surface area contributed by atoms with Crippen molar-refractivity contribution in [3.63, 3.8) is 0 Å². The van der Waals surface area contributed by atoms with Crippen molar-refractivity contribution >= 4 is 11.6 Å². The molecule has 1 aromatic heterocycles. The molecule has 120 valence electrons. The zero-order chi connectivity index (χ0) is 15.5. The number of aromatic nitrogens is 2. The molecule has 6 heteroatoms. The third kappa shape index (κ3) is 6.73. The predicted molar refractivity (Wildman–Crippen MR) is 86.1 cm³/mol. The fourth-order valence-corrected chi connectivity index (χ4v) is 1.84. The average molecular weight is 296 g/mol. The minimum Gasteiger partial charge on any atom is -0.382 e. The van der Waals surface area contributed by atoms with Gasteiger partial charge in [-0.1, -0.05) is 6.92 Å². The summed E-state index contributed by atoms with van der Waals surface area (Å²) in [6, 6.07) is 0. The second-order valence-corrected chi connectivity index (χ2v) is 4.91. The lowest BCUT2D eigenvalue weighted by Gasteiger charge is -2.14. The number of hydrogen-bond donors (Lipinski definition) is 2. The van der Waals surface area contributed by atoms with Crippen molar-refractivity contribution in [1.82, 2.24) is 9.97 Å². The molecule has 0 saturated heterocycles. The SMILES string of the molecule is CCCNc1nc(C)nc(NCCCOCCOC)c1C. The van der Waals surface area contributed by atoms with Crippen molar-refractivity contribution in [2.75, 3.05) is 50.7 Å². The number of ether oxygens (including phenoxy) is 2. The Morgan fingerprint density at radius 1 is 0.952 bits per heavy atom. The monoisotopic (exact) mass is 296 g/mol. The Balaban J connectivity index is 2.41. The molecule has 1 rings (SSSR count). The largest absolute Gasteiger partial charge is 0.382 e. The quantitative estimate of drug-likeness (QED) is 0.611. The van der Waals surface area contributed by atoms with Gasteiger partial charge in [-0.15, -0.1) is 0 Å². The Bertz CT molecular complexity index is 413. The molecule has 0 aliphatic carbocycles. The lowest BCUT2D eigenvalue weighted by atomic mass is 10.3. The Hall–Kier alpha value is -1.40. The van der Waals surface area contributed by atoms with Gasteiger partial charge in [-0.25, -0.2) is 9.97 Å². The van der Waals surface area contributed by atoms with Crippen LogP contribution in [0.15, 0.2) is 0 Å². The zero-order valence-corrected chi connectivity index (χ0v) is 13.7. The number of hydrogen-bond acceptors (Lipinski definition) is 6. The highest BCUT2D eigenvalue weighted by Gasteiger charge is 2.08. The first-order valence-corrected chi connectivity index (χ1v) is 7.58. The van der Waals surface area contributed by atoms with Gasteiger partial charge in [-0.05, 0) is 26.7 Å². The minimum absolute atomic E-state index is 0.643. The van der Waals surface area contributed by atoms with Crippen LogP contribution in [0.3, 0.4) is 0 Å². The van der Waals surface area contributed by atoms with E-state index in [1.54, 1.807) is 7.11 Å². The predicted octanol–water partition coefficient (Wildman–Crippen LogP) is 2.38. The van der Waals surface area contributed by atoms with E-state index in [1.807, 2.05) is 13.8 Å². The van der Waals surface area contributed by atoms with E-state index < -0.39 is 0 Å². The van der Waals surface area contributed by atoms with Crippen molar-refractivity contribution in [2.24, 2.45) is 0 Å². The summed E-state index contributed by atoms with van der Waals surface area (Å²) in [5.74, 6) is 2.60. The Labute approximate surface area is 127 Å². The third-order valence-corrected chi connectivity index (χ3v) is 2.99. The summed E-state index contributed by atoms with van der Waals surface area (Å²) in [5.41, 5.74) is 1.06. The van der Waals surface area contributed by atoms with Crippen LogP contribution in [0.4, 0.5) is 11.6 Å². The van der Waals surface area contributed by atoms with Crippen LogP contribution in [-0.2, 0) is 9.47 Å². The Morgan fingerprint density at radius 3 is 2.24 bits per heavy atom. The zero-order valence-electron chi connectivity index (χ0n) is 13.7. The van der Waals surface area contributed by atoms with Crippen LogP contribution in [0.5, 0.6) is 0 Å². The van der Waals surface area contributed by atoms with Crippen molar-refractivity contribution in [1.29, 1.82) is 0 Å². The average Bonchev–Trinajstić information content (AvgIpc) is 2.47. The summed E-state index contributed by atoms with van der Waals surface area (Å²) >= 11 is 0. The van der Waals surface area contributed by atoms with E-state index in [2.05, 4.69) is 27.5 Å². The van der Waals surface area contributed by atoms with E-state index in [-0.39, 0.29) is 0 Å². The first-order valence-electron chi connectivity index (χ1n) is 7.58. The molecule has 6 nitrogen and oxygen atoms in total. The summed E-state index contributed by atoms with van der Waals surface area (Å²) < 4.78 is 10.4. The van der Waals surface area contributed by atoms with Gasteiger partial charge in [0.25, 0.3) is 0 Å². The Kier molecular flexibility index (Phi) is 8.69. The van der Waals surface area contributed by atoms with Crippen LogP contribution < -0.4 is 10.6 Å². The maximum Gasteiger partial charge on any atom is 0.134 e. The van der Waals surface area contributed by atoms with E-state index >= 15 is 0 Å². The van der Waals surface area contributed by atoms with Gasteiger partial charge in [-0.3, -0.25) is 0 Å². The van der Waals surface area contributed by atoms with E-state index in [0.29, 0.717) is 13.2 Å². The molecule has 2 N–H and O–H groups in total. The van der Waals surface area contributed by atoms with Crippen LogP contribution >= 0.6 is 0 Å². The van der Waals surface area contributed by atoms with Crippen molar-refractivity contribution in [3.8, 4) is 0 Å². The molecule has 0 atom stereocenters. The molecular weight excluding hydrogens is 268 g/mol. The minimum atomic E-state index is 0.643. The maximum absolute atomic E-state index is 5.43. The molecule has 0 saturated carbocycles. The van der Waals surface area contributed by atoms with E-state index in [9.17, 15) is 0 Å². The summed E-state index contributed by atoms with van der Waals surface area (Å²) in [7, 11) is 1.68. The van der Waals surface area contributed by atoms with Gasteiger partial charge >= 0.3 is 0 Å². The van der Waals surface area contributed by atoms with Gasteiger partial charge in [0.2, 0.25) is 0 Å². The first-order chi connectivity index (χ1) is 10.2. The highest BCUT2D eigenvalue weighted by atomic mass is 16.5. The van der Waals surface area contributed by atoms with Crippen LogP contribution in [0.2, 0.25) is 0 Å². The molecule has 0 aliphatic rings. The second-order valence-electron chi connectivity index (χ2n) is 4.91. The van der Waals surface area contributed by atoms with Crippen LogP contribution in [0.1, 0.15) is 31.2 Å². The standard InChI is InChI=1S/C15H28N4O2/c1-5-7-16-14-12(2)15(19-13(3)18-14)17-8-6-9-21-11-10-20-4/h5-11H2,1-4H3,(H2,16,17,18,19). The third-order valence-electron chi connectivity index (χ3n) is 2.99. The molecule has 1 aromatic rings. The number of nitrogens with one attached hydrogen (secondary N) is 2. The summed E-state index contributed by atoms with van der Waals surface area (Å²) in [6.07, 6.45) is 2.01. The number of anilines is 2.